The van der Waals surface area contributed by atoms with E-state index in [0.29, 0.717) is 36.6 Å². The Bertz CT molecular complexity index is 1450. The van der Waals surface area contributed by atoms with Crippen LogP contribution in [0.25, 0.3) is 0 Å². The predicted molar refractivity (Wildman–Crippen MR) is 202 cm³/mol. The number of aliphatic hydroxyl groups is 1. The van der Waals surface area contributed by atoms with Gasteiger partial charge in [-0.05, 0) is 58.2 Å². The van der Waals surface area contributed by atoms with Crippen molar-refractivity contribution in [3.05, 3.63) is 108 Å². The van der Waals surface area contributed by atoms with Crippen molar-refractivity contribution in [2.24, 2.45) is 5.73 Å². The molecule has 3 aromatic rings. The highest BCUT2D eigenvalue weighted by Crippen LogP contribution is 2.44. The number of nitrogens with two attached hydrogens (primary N) is 1. The molecule has 0 radical (unpaired) electrons. The number of piperidine rings is 1. The van der Waals surface area contributed by atoms with Crippen LogP contribution in [-0.2, 0) is 19.7 Å². The summed E-state index contributed by atoms with van der Waals surface area (Å²) in [6.45, 7) is 14.3. The molecule has 3 N–H and O–H groups in total. The van der Waals surface area contributed by atoms with E-state index in [9.17, 15) is 14.7 Å². The quantitative estimate of drug-likeness (QED) is 0.150. The first-order valence-electron chi connectivity index (χ1n) is 18.7. The number of fused-ring (bicyclic) bond motifs is 2. The second-order valence-corrected chi connectivity index (χ2v) is 15.9. The Labute approximate surface area is 301 Å². The van der Waals surface area contributed by atoms with Gasteiger partial charge in [-0.25, -0.2) is 0 Å². The Balaban J connectivity index is 0.000000225. The van der Waals surface area contributed by atoms with Crippen LogP contribution in [0.4, 0.5) is 0 Å². The van der Waals surface area contributed by atoms with Crippen LogP contribution in [0.5, 0.6) is 0 Å². The average Bonchev–Trinajstić information content (AvgIpc) is 3.26. The first kappa shape index (κ1) is 39.3. The minimum atomic E-state index is -0.814. The molecule has 2 heterocycles. The topological polar surface area (TPSA) is 89.6 Å². The number of hydrogen-bond acceptors (Lipinski definition) is 4. The van der Waals surface area contributed by atoms with Gasteiger partial charge in [-0.1, -0.05) is 91.0 Å². The molecule has 0 aromatic heterocycles. The molecule has 50 heavy (non-hydrogen) atoms. The minimum Gasteiger partial charge on any atom is -0.461 e. The van der Waals surface area contributed by atoms with Gasteiger partial charge in [-0.3, -0.25) is 9.59 Å². The summed E-state index contributed by atoms with van der Waals surface area (Å²) in [5.41, 5.74) is 8.02. The minimum absolute atomic E-state index is 0.00212. The largest absolute Gasteiger partial charge is 0.461 e. The van der Waals surface area contributed by atoms with Crippen LogP contribution in [0, 0.1) is 0 Å². The van der Waals surface area contributed by atoms with Crippen LogP contribution >= 0.6 is 0 Å². The van der Waals surface area contributed by atoms with Crippen LogP contribution in [0.1, 0.15) is 96.3 Å². The maximum absolute atomic E-state index is 12.9. The number of aliphatic hydroxyl groups excluding tert-OH is 1. The molecule has 0 saturated carbocycles. The van der Waals surface area contributed by atoms with Crippen molar-refractivity contribution in [2.45, 2.75) is 121 Å². The molecule has 2 saturated heterocycles. The molecule has 5 rings (SSSR count). The number of rotatable bonds is 13. The van der Waals surface area contributed by atoms with Gasteiger partial charge in [0, 0.05) is 32.1 Å². The molecule has 7 heteroatoms. The fourth-order valence-corrected chi connectivity index (χ4v) is 8.65. The first-order chi connectivity index (χ1) is 23.7. The molecule has 2 aliphatic rings. The van der Waals surface area contributed by atoms with E-state index >= 15 is 0 Å². The van der Waals surface area contributed by atoms with Gasteiger partial charge in [0.15, 0.2) is 0 Å². The molecule has 0 aliphatic carbocycles. The zero-order chi connectivity index (χ0) is 36.7. The summed E-state index contributed by atoms with van der Waals surface area (Å²) in [5.74, 6) is -1.14. The van der Waals surface area contributed by atoms with Gasteiger partial charge in [0.1, 0.15) is 17.4 Å². The van der Waals surface area contributed by atoms with Crippen molar-refractivity contribution >= 4 is 11.9 Å². The van der Waals surface area contributed by atoms with Crippen molar-refractivity contribution in [1.29, 1.82) is 0 Å². The van der Waals surface area contributed by atoms with Crippen LogP contribution in [-0.4, -0.2) is 89.5 Å². The van der Waals surface area contributed by atoms with Crippen LogP contribution in [0.3, 0.4) is 0 Å². The van der Waals surface area contributed by atoms with E-state index in [0.717, 1.165) is 45.0 Å². The van der Waals surface area contributed by atoms with E-state index in [1.807, 2.05) is 91.0 Å². The van der Waals surface area contributed by atoms with Crippen molar-refractivity contribution in [1.82, 2.24) is 0 Å². The zero-order valence-corrected chi connectivity index (χ0v) is 31.8. The SMILES string of the molecule is CC(C)[N+](C)(CCC(C(N)=O)(c1ccccc1)c1ccccc1)C(C)C.CC(C)[N+]1(C)C2CCC1CC(OC(=O)C(CO)c1ccccc1)C2. The lowest BCUT2D eigenvalue weighted by Gasteiger charge is -2.49. The molecular weight excluding hydrogens is 622 g/mol. The molecule has 0 spiro atoms. The number of esters is 1. The Morgan fingerprint density at radius 2 is 1.26 bits per heavy atom. The lowest BCUT2D eigenvalue weighted by Crippen LogP contribution is -2.62. The Hall–Kier alpha value is -3.52. The summed E-state index contributed by atoms with van der Waals surface area (Å²) in [7, 11) is 4.64. The molecule has 2 bridgehead atoms. The molecular formula is C43H63N3O4+2. The average molecular weight is 686 g/mol. The molecule has 3 atom stereocenters. The highest BCUT2D eigenvalue weighted by atomic mass is 16.5. The fraction of sp³-hybridized carbons (Fsp3) is 0.535. The van der Waals surface area contributed by atoms with Crippen molar-refractivity contribution < 1.29 is 28.4 Å². The number of carbonyl (C=O) groups excluding carboxylic acids is 2. The molecule has 1 amide bonds. The number of carbonyl (C=O) groups is 2. The summed E-state index contributed by atoms with van der Waals surface area (Å²) in [4.78, 5) is 25.5. The zero-order valence-electron chi connectivity index (χ0n) is 31.8. The smallest absolute Gasteiger partial charge is 0.316 e. The van der Waals surface area contributed by atoms with Gasteiger partial charge >= 0.3 is 5.97 Å². The summed E-state index contributed by atoms with van der Waals surface area (Å²) in [5, 5.41) is 9.65. The summed E-state index contributed by atoms with van der Waals surface area (Å²) in [6, 6.07) is 32.1. The fourth-order valence-electron chi connectivity index (χ4n) is 8.65. The van der Waals surface area contributed by atoms with Crippen molar-refractivity contribution in [3.8, 4) is 0 Å². The van der Waals surface area contributed by atoms with Gasteiger partial charge in [-0.2, -0.15) is 0 Å². The number of quaternary nitrogens is 2. The molecule has 7 nitrogen and oxygen atoms in total. The van der Waals surface area contributed by atoms with Crippen molar-refractivity contribution in [2.75, 3.05) is 27.2 Å². The summed E-state index contributed by atoms with van der Waals surface area (Å²) >= 11 is 0. The van der Waals surface area contributed by atoms with Gasteiger partial charge in [-0.15, -0.1) is 0 Å². The Morgan fingerprint density at radius 3 is 1.64 bits per heavy atom. The van der Waals surface area contributed by atoms with E-state index in [1.165, 1.54) is 12.8 Å². The third kappa shape index (κ3) is 8.01. The number of amides is 1. The van der Waals surface area contributed by atoms with E-state index in [-0.39, 0.29) is 24.6 Å². The molecule has 3 unspecified atom stereocenters. The third-order valence-corrected chi connectivity index (χ3v) is 12.8. The summed E-state index contributed by atoms with van der Waals surface area (Å²) in [6.07, 6.45) is 5.04. The predicted octanol–water partition coefficient (Wildman–Crippen LogP) is 6.97. The number of nitrogens with zero attached hydrogens (tertiary/aromatic N) is 2. The van der Waals surface area contributed by atoms with Crippen molar-refractivity contribution in [3.63, 3.8) is 0 Å². The second kappa shape index (κ2) is 16.7. The summed E-state index contributed by atoms with van der Waals surface area (Å²) < 4.78 is 7.86. The van der Waals surface area contributed by atoms with Crippen LogP contribution in [0.2, 0.25) is 0 Å². The van der Waals surface area contributed by atoms with Crippen LogP contribution in [0.15, 0.2) is 91.0 Å². The third-order valence-electron chi connectivity index (χ3n) is 12.8. The number of primary amides is 1. The van der Waals surface area contributed by atoms with E-state index in [2.05, 4.69) is 55.6 Å². The normalized spacial score (nSPS) is 22.6. The standard InChI is InChI=1S/C23H32N2O.C20H30NO3/c1-18(2)25(5,19(3)4)17-16-23(22(24)26,20-12-8-6-9-13-20)21-14-10-7-11-15-21;1-14(2)21(3)16-9-10-17(21)12-18(11-16)24-20(23)19(13-22)15-7-5-4-6-8-15/h6-15,18-19H,16-17H2,1-5H3,(H-,24,26);4-8,14,16-19,22H,9-13H2,1-3H3/q;+1/p+1. The molecule has 2 aliphatic heterocycles. The lowest BCUT2D eigenvalue weighted by molar-refractivity contribution is -0.968. The molecule has 272 valence electrons. The van der Waals surface area contributed by atoms with E-state index < -0.39 is 11.3 Å². The van der Waals surface area contributed by atoms with Gasteiger partial charge in [0.05, 0.1) is 57.5 Å². The van der Waals surface area contributed by atoms with E-state index in [4.69, 9.17) is 10.5 Å². The number of hydrogen-bond donors (Lipinski definition) is 2. The second-order valence-electron chi connectivity index (χ2n) is 15.9. The maximum atomic E-state index is 12.9. The van der Waals surface area contributed by atoms with Gasteiger partial charge in [0.25, 0.3) is 0 Å². The molecule has 3 aromatic carbocycles. The monoisotopic (exact) mass is 685 g/mol. The molecule has 2 fully saturated rings. The number of ether oxygens (including phenoxy) is 1. The maximum Gasteiger partial charge on any atom is 0.316 e. The highest BCUT2D eigenvalue weighted by molar-refractivity contribution is 5.90. The lowest BCUT2D eigenvalue weighted by atomic mass is 9.71. The van der Waals surface area contributed by atoms with Crippen LogP contribution < -0.4 is 5.73 Å². The Morgan fingerprint density at radius 1 is 0.820 bits per heavy atom. The number of benzene rings is 3. The van der Waals surface area contributed by atoms with E-state index in [1.54, 1.807) is 0 Å². The van der Waals surface area contributed by atoms with Gasteiger partial charge < -0.3 is 24.5 Å². The van der Waals surface area contributed by atoms with Gasteiger partial charge in [0.2, 0.25) is 5.91 Å². The Kier molecular flexibility index (Phi) is 13.1. The highest BCUT2D eigenvalue weighted by Gasteiger charge is 2.54. The first-order valence-corrected chi connectivity index (χ1v) is 18.7.